The zero-order valence-electron chi connectivity index (χ0n) is 16.1. The first-order valence-electron chi connectivity index (χ1n) is 10.1. The van der Waals surface area contributed by atoms with Crippen LogP contribution in [0.3, 0.4) is 0 Å². The lowest BCUT2D eigenvalue weighted by Gasteiger charge is -2.33. The standard InChI is InChI=1S/C22H34O3/c1-4-6-7-16-22(23)25-21-15-11-9-13-19(21)18-12-8-10-14-20(18)24-17(3)5-2/h8,10,12,14,17,19,21H,4-7,9,11,13,15-16H2,1-3H3/t17?,19-,21+/m1/s1. The second-order valence-electron chi connectivity index (χ2n) is 7.25. The molecule has 1 aromatic rings. The van der Waals surface area contributed by atoms with Gasteiger partial charge in [-0.3, -0.25) is 4.79 Å². The van der Waals surface area contributed by atoms with Gasteiger partial charge in [-0.2, -0.15) is 0 Å². The summed E-state index contributed by atoms with van der Waals surface area (Å²) in [6.45, 7) is 6.38. The van der Waals surface area contributed by atoms with Crippen LogP contribution in [0.2, 0.25) is 0 Å². The molecule has 25 heavy (non-hydrogen) atoms. The molecule has 1 fully saturated rings. The minimum atomic E-state index is -0.0364. The lowest BCUT2D eigenvalue weighted by molar-refractivity contribution is -0.151. The molecular weight excluding hydrogens is 312 g/mol. The van der Waals surface area contributed by atoms with Crippen molar-refractivity contribution >= 4 is 5.97 Å². The maximum absolute atomic E-state index is 12.2. The van der Waals surface area contributed by atoms with E-state index < -0.39 is 0 Å². The van der Waals surface area contributed by atoms with Crippen LogP contribution in [0.4, 0.5) is 0 Å². The van der Waals surface area contributed by atoms with Crippen molar-refractivity contribution < 1.29 is 14.3 Å². The van der Waals surface area contributed by atoms with E-state index in [-0.39, 0.29) is 24.1 Å². The van der Waals surface area contributed by atoms with Crippen LogP contribution in [0, 0.1) is 0 Å². The minimum absolute atomic E-state index is 0.00967. The third kappa shape index (κ3) is 6.05. The van der Waals surface area contributed by atoms with Gasteiger partial charge in [-0.1, -0.05) is 51.3 Å². The van der Waals surface area contributed by atoms with Crippen LogP contribution in [-0.4, -0.2) is 18.2 Å². The Morgan fingerprint density at radius 2 is 1.92 bits per heavy atom. The van der Waals surface area contributed by atoms with Crippen LogP contribution in [0.1, 0.15) is 90.0 Å². The summed E-state index contributed by atoms with van der Waals surface area (Å²) in [6.07, 6.45) is 9.20. The Hall–Kier alpha value is -1.51. The third-order valence-electron chi connectivity index (χ3n) is 5.19. The van der Waals surface area contributed by atoms with Gasteiger partial charge >= 0.3 is 5.97 Å². The highest BCUT2D eigenvalue weighted by Crippen LogP contribution is 2.39. The number of rotatable bonds is 9. The van der Waals surface area contributed by atoms with E-state index in [9.17, 15) is 4.79 Å². The number of hydrogen-bond donors (Lipinski definition) is 0. The van der Waals surface area contributed by atoms with Crippen molar-refractivity contribution in [2.24, 2.45) is 0 Å². The average molecular weight is 347 g/mol. The molecule has 0 bridgehead atoms. The predicted octanol–water partition coefficient (Wildman–Crippen LogP) is 6.01. The predicted molar refractivity (Wildman–Crippen MR) is 102 cm³/mol. The first-order valence-corrected chi connectivity index (χ1v) is 10.1. The molecule has 0 radical (unpaired) electrons. The van der Waals surface area contributed by atoms with Crippen molar-refractivity contribution in [1.82, 2.24) is 0 Å². The minimum Gasteiger partial charge on any atom is -0.490 e. The molecular formula is C22H34O3. The second kappa shape index (κ2) is 10.5. The van der Waals surface area contributed by atoms with Gasteiger partial charge in [-0.25, -0.2) is 0 Å². The SMILES string of the molecule is CCCCCC(=O)O[C@H]1CCCC[C@@H]1c1ccccc1OC(C)CC. The van der Waals surface area contributed by atoms with Crippen LogP contribution >= 0.6 is 0 Å². The van der Waals surface area contributed by atoms with Crippen LogP contribution in [0.25, 0.3) is 0 Å². The fourth-order valence-corrected chi connectivity index (χ4v) is 3.54. The number of para-hydroxylation sites is 1. The quantitative estimate of drug-likeness (QED) is 0.405. The second-order valence-corrected chi connectivity index (χ2v) is 7.25. The Balaban J connectivity index is 2.08. The smallest absolute Gasteiger partial charge is 0.306 e. The molecule has 0 heterocycles. The molecule has 1 aliphatic carbocycles. The van der Waals surface area contributed by atoms with E-state index >= 15 is 0 Å². The van der Waals surface area contributed by atoms with E-state index in [1.807, 2.05) is 6.07 Å². The monoisotopic (exact) mass is 346 g/mol. The van der Waals surface area contributed by atoms with Gasteiger partial charge in [0.2, 0.25) is 0 Å². The molecule has 1 aliphatic rings. The molecule has 0 aromatic heterocycles. The summed E-state index contributed by atoms with van der Waals surface area (Å²) in [6, 6.07) is 8.28. The van der Waals surface area contributed by atoms with Crippen molar-refractivity contribution in [3.05, 3.63) is 29.8 Å². The Kier molecular flexibility index (Phi) is 8.30. The highest BCUT2D eigenvalue weighted by molar-refractivity contribution is 5.69. The van der Waals surface area contributed by atoms with Gasteiger partial charge < -0.3 is 9.47 Å². The number of benzene rings is 1. The largest absolute Gasteiger partial charge is 0.490 e. The lowest BCUT2D eigenvalue weighted by atomic mass is 9.81. The van der Waals surface area contributed by atoms with E-state index in [1.165, 1.54) is 12.0 Å². The van der Waals surface area contributed by atoms with Gasteiger partial charge in [0.15, 0.2) is 0 Å². The van der Waals surface area contributed by atoms with Crippen molar-refractivity contribution in [2.45, 2.75) is 96.7 Å². The summed E-state index contributed by atoms with van der Waals surface area (Å²) < 4.78 is 12.0. The lowest BCUT2D eigenvalue weighted by Crippen LogP contribution is -2.29. The Bertz CT molecular complexity index is 526. The van der Waals surface area contributed by atoms with Crippen LogP contribution < -0.4 is 4.74 Å². The molecule has 0 N–H and O–H groups in total. The van der Waals surface area contributed by atoms with Gasteiger partial charge in [0.25, 0.3) is 0 Å². The fourth-order valence-electron chi connectivity index (χ4n) is 3.54. The molecule has 1 aromatic carbocycles. The van der Waals surface area contributed by atoms with Crippen LogP contribution in [0.15, 0.2) is 24.3 Å². The Labute approximate surface area is 153 Å². The molecule has 2 rings (SSSR count). The highest BCUT2D eigenvalue weighted by atomic mass is 16.5. The number of hydrogen-bond acceptors (Lipinski definition) is 3. The topological polar surface area (TPSA) is 35.5 Å². The Morgan fingerprint density at radius 1 is 1.16 bits per heavy atom. The van der Waals surface area contributed by atoms with Crippen LogP contribution in [0.5, 0.6) is 5.75 Å². The zero-order valence-corrected chi connectivity index (χ0v) is 16.1. The van der Waals surface area contributed by atoms with E-state index in [2.05, 4.69) is 39.0 Å². The molecule has 140 valence electrons. The van der Waals surface area contributed by atoms with Gasteiger partial charge in [-0.05, 0) is 45.1 Å². The summed E-state index contributed by atoms with van der Waals surface area (Å²) in [5, 5.41) is 0. The van der Waals surface area contributed by atoms with E-state index in [1.54, 1.807) is 0 Å². The molecule has 0 spiro atoms. The van der Waals surface area contributed by atoms with Gasteiger partial charge in [0.1, 0.15) is 11.9 Å². The molecule has 1 unspecified atom stereocenters. The summed E-state index contributed by atoms with van der Waals surface area (Å²) in [5.74, 6) is 1.17. The van der Waals surface area contributed by atoms with Crippen molar-refractivity contribution in [3.63, 3.8) is 0 Å². The van der Waals surface area contributed by atoms with E-state index in [0.29, 0.717) is 6.42 Å². The van der Waals surface area contributed by atoms with Crippen molar-refractivity contribution in [2.75, 3.05) is 0 Å². The number of esters is 1. The summed E-state index contributed by atoms with van der Waals surface area (Å²) in [4.78, 5) is 12.2. The number of carbonyl (C=O) groups excluding carboxylic acids is 1. The summed E-state index contributed by atoms with van der Waals surface area (Å²) in [5.41, 5.74) is 1.20. The molecule has 3 atom stereocenters. The van der Waals surface area contributed by atoms with Crippen LogP contribution in [-0.2, 0) is 9.53 Å². The first-order chi connectivity index (χ1) is 12.2. The highest BCUT2D eigenvalue weighted by Gasteiger charge is 2.31. The molecule has 0 aliphatic heterocycles. The normalized spacial score (nSPS) is 21.6. The third-order valence-corrected chi connectivity index (χ3v) is 5.19. The number of unbranched alkanes of at least 4 members (excludes halogenated alkanes) is 2. The molecule has 1 saturated carbocycles. The molecule has 3 heteroatoms. The Morgan fingerprint density at radius 3 is 2.68 bits per heavy atom. The summed E-state index contributed by atoms with van der Waals surface area (Å²) >= 11 is 0. The summed E-state index contributed by atoms with van der Waals surface area (Å²) in [7, 11) is 0. The first kappa shape index (κ1) is 19.8. The van der Waals surface area contributed by atoms with E-state index in [0.717, 1.165) is 50.7 Å². The van der Waals surface area contributed by atoms with E-state index in [4.69, 9.17) is 9.47 Å². The molecule has 3 nitrogen and oxygen atoms in total. The fraction of sp³-hybridized carbons (Fsp3) is 0.682. The molecule has 0 amide bonds. The average Bonchev–Trinajstić information content (AvgIpc) is 2.63. The zero-order chi connectivity index (χ0) is 18.1. The van der Waals surface area contributed by atoms with Gasteiger partial charge in [-0.15, -0.1) is 0 Å². The maximum atomic E-state index is 12.2. The maximum Gasteiger partial charge on any atom is 0.306 e. The molecule has 0 saturated heterocycles. The van der Waals surface area contributed by atoms with Crippen molar-refractivity contribution in [3.8, 4) is 5.75 Å². The van der Waals surface area contributed by atoms with Crippen molar-refractivity contribution in [1.29, 1.82) is 0 Å². The van der Waals surface area contributed by atoms with Gasteiger partial charge in [0.05, 0.1) is 6.10 Å². The number of ether oxygens (including phenoxy) is 2. The number of carbonyl (C=O) groups is 1. The van der Waals surface area contributed by atoms with Gasteiger partial charge in [0, 0.05) is 17.9 Å².